The zero-order valence-corrected chi connectivity index (χ0v) is 9.67. The van der Waals surface area contributed by atoms with E-state index in [4.69, 9.17) is 5.73 Å². The molecule has 1 rings (SSSR count). The van der Waals surface area contributed by atoms with E-state index in [1.54, 1.807) is 0 Å². The normalized spacial score (nSPS) is 45.9. The van der Waals surface area contributed by atoms with Gasteiger partial charge in [-0.05, 0) is 20.3 Å². The second kappa shape index (κ2) is 3.74. The molecule has 2 N–H and O–H groups in total. The van der Waals surface area contributed by atoms with Crippen LogP contribution in [0.4, 0.5) is 0 Å². The van der Waals surface area contributed by atoms with E-state index in [1.165, 1.54) is 5.57 Å². The van der Waals surface area contributed by atoms with Crippen LogP contribution in [0.1, 0.15) is 34.1 Å². The first-order valence-corrected chi connectivity index (χ1v) is 5.25. The van der Waals surface area contributed by atoms with Crippen LogP contribution in [0, 0.1) is 5.41 Å². The van der Waals surface area contributed by atoms with Crippen LogP contribution >= 0.6 is 0 Å². The molecule has 1 aliphatic rings. The van der Waals surface area contributed by atoms with E-state index in [0.717, 1.165) is 6.42 Å². The number of rotatable bonds is 1. The Bertz CT molecular complexity index is 294. The highest BCUT2D eigenvalue weighted by Gasteiger charge is 2.19. The third kappa shape index (κ3) is 2.85. The first-order chi connectivity index (χ1) is 6.37. The lowest BCUT2D eigenvalue weighted by Crippen LogP contribution is -2.32. The van der Waals surface area contributed by atoms with Crippen molar-refractivity contribution in [3.63, 3.8) is 0 Å². The summed E-state index contributed by atoms with van der Waals surface area (Å²) in [5.74, 6) is 0. The Morgan fingerprint density at radius 1 is 1.21 bits per heavy atom. The topological polar surface area (TPSA) is 26.0 Å². The molecular formula is C13H21N. The number of allylic oxidation sites excluding steroid dienone is 4. The molecule has 0 aromatic carbocycles. The van der Waals surface area contributed by atoms with Crippen molar-refractivity contribution < 1.29 is 0 Å². The van der Waals surface area contributed by atoms with Gasteiger partial charge in [-0.3, -0.25) is 0 Å². The van der Waals surface area contributed by atoms with Crippen molar-refractivity contribution in [2.45, 2.75) is 39.7 Å². The molecule has 1 heteroatoms. The fraction of sp³-hybridized carbons (Fsp3) is 0.538. The standard InChI is InChI=1S/C13H21N/c1-5-12(3)7-6-11(2)10-13(4,14)9-8-12/h6-10H,5,14H2,1-4H3/b7-6-,9-8-,11-10-. The van der Waals surface area contributed by atoms with Crippen molar-refractivity contribution in [3.8, 4) is 0 Å². The van der Waals surface area contributed by atoms with E-state index < -0.39 is 0 Å². The lowest BCUT2D eigenvalue weighted by Gasteiger charge is -2.25. The molecule has 2 unspecified atom stereocenters. The largest absolute Gasteiger partial charge is 0.319 e. The van der Waals surface area contributed by atoms with Crippen LogP contribution in [-0.4, -0.2) is 5.54 Å². The maximum Gasteiger partial charge on any atom is 0.0502 e. The van der Waals surface area contributed by atoms with E-state index in [9.17, 15) is 0 Å². The van der Waals surface area contributed by atoms with Crippen molar-refractivity contribution in [2.75, 3.05) is 0 Å². The van der Waals surface area contributed by atoms with Gasteiger partial charge in [-0.25, -0.2) is 0 Å². The van der Waals surface area contributed by atoms with Gasteiger partial charge in [0.05, 0.1) is 5.54 Å². The van der Waals surface area contributed by atoms with Gasteiger partial charge in [0.15, 0.2) is 0 Å². The highest BCUT2D eigenvalue weighted by molar-refractivity contribution is 5.31. The van der Waals surface area contributed by atoms with Gasteiger partial charge >= 0.3 is 0 Å². The third-order valence-electron chi connectivity index (χ3n) is 2.85. The van der Waals surface area contributed by atoms with E-state index in [0.29, 0.717) is 0 Å². The molecule has 0 aromatic rings. The van der Waals surface area contributed by atoms with Crippen LogP contribution < -0.4 is 5.73 Å². The summed E-state index contributed by atoms with van der Waals surface area (Å²) in [6.45, 7) is 8.55. The monoisotopic (exact) mass is 191 g/mol. The smallest absolute Gasteiger partial charge is 0.0502 e. The second-order valence-corrected chi connectivity index (χ2v) is 4.78. The molecule has 0 radical (unpaired) electrons. The number of hydrogen-bond acceptors (Lipinski definition) is 1. The van der Waals surface area contributed by atoms with Gasteiger partial charge in [0.2, 0.25) is 0 Å². The van der Waals surface area contributed by atoms with E-state index in [-0.39, 0.29) is 11.0 Å². The molecule has 1 nitrogen and oxygen atoms in total. The predicted octanol–water partition coefficient (Wildman–Crippen LogP) is 3.19. The van der Waals surface area contributed by atoms with E-state index in [2.05, 4.69) is 51.2 Å². The molecule has 0 amide bonds. The summed E-state index contributed by atoms with van der Waals surface area (Å²) in [5, 5.41) is 0. The molecule has 0 saturated heterocycles. The SMILES string of the molecule is CCC1(C)/C=C\C(C)=C/C(C)(N)/C=C\1. The maximum atomic E-state index is 6.12. The molecule has 0 fully saturated rings. The fourth-order valence-electron chi connectivity index (χ4n) is 1.57. The lowest BCUT2D eigenvalue weighted by atomic mass is 9.82. The van der Waals surface area contributed by atoms with Crippen molar-refractivity contribution in [3.05, 3.63) is 36.0 Å². The van der Waals surface area contributed by atoms with E-state index >= 15 is 0 Å². The Labute approximate surface area is 87.4 Å². The third-order valence-corrected chi connectivity index (χ3v) is 2.85. The van der Waals surface area contributed by atoms with Crippen LogP contribution in [0.25, 0.3) is 0 Å². The van der Waals surface area contributed by atoms with Gasteiger partial charge in [-0.2, -0.15) is 0 Å². The summed E-state index contributed by atoms with van der Waals surface area (Å²) in [6, 6.07) is 0. The van der Waals surface area contributed by atoms with Crippen molar-refractivity contribution in [1.29, 1.82) is 0 Å². The first kappa shape index (κ1) is 11.3. The van der Waals surface area contributed by atoms with Crippen molar-refractivity contribution in [2.24, 2.45) is 11.1 Å². The van der Waals surface area contributed by atoms with E-state index in [1.807, 2.05) is 6.92 Å². The fourth-order valence-corrected chi connectivity index (χ4v) is 1.57. The minimum atomic E-state index is -0.314. The lowest BCUT2D eigenvalue weighted by molar-refractivity contribution is 0.521. The zero-order valence-electron chi connectivity index (χ0n) is 9.67. The summed E-state index contributed by atoms with van der Waals surface area (Å²) in [5.41, 5.74) is 7.19. The molecule has 2 atom stereocenters. The van der Waals surface area contributed by atoms with Crippen molar-refractivity contribution >= 4 is 0 Å². The molecule has 0 heterocycles. The minimum absolute atomic E-state index is 0.149. The molecular weight excluding hydrogens is 170 g/mol. The summed E-state index contributed by atoms with van der Waals surface area (Å²) in [6.07, 6.45) is 11.9. The Hall–Kier alpha value is -0.820. The number of nitrogens with two attached hydrogens (primary N) is 1. The average Bonchev–Trinajstić information content (AvgIpc) is 2.10. The van der Waals surface area contributed by atoms with Gasteiger partial charge in [0, 0.05) is 5.41 Å². The molecule has 78 valence electrons. The Balaban J connectivity index is 3.10. The van der Waals surface area contributed by atoms with Crippen LogP contribution in [0.3, 0.4) is 0 Å². The second-order valence-electron chi connectivity index (χ2n) is 4.78. The van der Waals surface area contributed by atoms with Crippen LogP contribution in [0.2, 0.25) is 0 Å². The van der Waals surface area contributed by atoms with Gasteiger partial charge in [-0.1, -0.05) is 49.8 Å². The summed E-state index contributed by atoms with van der Waals surface area (Å²) in [7, 11) is 0. The molecule has 0 spiro atoms. The molecule has 0 saturated carbocycles. The van der Waals surface area contributed by atoms with Crippen LogP contribution in [0.15, 0.2) is 36.0 Å². The highest BCUT2D eigenvalue weighted by atomic mass is 14.7. The van der Waals surface area contributed by atoms with Gasteiger partial charge < -0.3 is 5.73 Å². The zero-order chi connectivity index (χ0) is 10.8. The van der Waals surface area contributed by atoms with Crippen LogP contribution in [-0.2, 0) is 0 Å². The average molecular weight is 191 g/mol. The molecule has 14 heavy (non-hydrogen) atoms. The summed E-state index contributed by atoms with van der Waals surface area (Å²) in [4.78, 5) is 0. The highest BCUT2D eigenvalue weighted by Crippen LogP contribution is 2.28. The Kier molecular flexibility index (Phi) is 3.01. The minimum Gasteiger partial charge on any atom is -0.319 e. The van der Waals surface area contributed by atoms with Gasteiger partial charge in [0.1, 0.15) is 0 Å². The predicted molar refractivity (Wildman–Crippen MR) is 63.0 cm³/mol. The van der Waals surface area contributed by atoms with Gasteiger partial charge in [0.25, 0.3) is 0 Å². The maximum absolute atomic E-state index is 6.12. The Morgan fingerprint density at radius 3 is 2.43 bits per heavy atom. The quantitative estimate of drug-likeness (QED) is 0.633. The van der Waals surface area contributed by atoms with Crippen molar-refractivity contribution in [1.82, 2.24) is 0 Å². The molecule has 1 aliphatic carbocycles. The molecule has 0 aliphatic heterocycles. The summed E-state index contributed by atoms with van der Waals surface area (Å²) >= 11 is 0. The Morgan fingerprint density at radius 2 is 1.86 bits per heavy atom. The molecule has 0 bridgehead atoms. The number of hydrogen-bond donors (Lipinski definition) is 1. The molecule has 0 aromatic heterocycles. The first-order valence-electron chi connectivity index (χ1n) is 5.25. The summed E-state index contributed by atoms with van der Waals surface area (Å²) < 4.78 is 0. The van der Waals surface area contributed by atoms with Crippen LogP contribution in [0.5, 0.6) is 0 Å². The van der Waals surface area contributed by atoms with Gasteiger partial charge in [-0.15, -0.1) is 0 Å².